The van der Waals surface area contributed by atoms with Crippen LogP contribution in [0.5, 0.6) is 5.75 Å². The van der Waals surface area contributed by atoms with Crippen LogP contribution in [0.15, 0.2) is 60.9 Å². The molecule has 0 saturated carbocycles. The van der Waals surface area contributed by atoms with E-state index in [9.17, 15) is 4.79 Å². The van der Waals surface area contributed by atoms with Gasteiger partial charge in [0.15, 0.2) is 0 Å². The Morgan fingerprint density at radius 1 is 1.14 bits per heavy atom. The highest BCUT2D eigenvalue weighted by Crippen LogP contribution is 2.30. The van der Waals surface area contributed by atoms with E-state index >= 15 is 0 Å². The molecule has 1 fully saturated rings. The SMILES string of the molecule is COc1ccc([C@@H](C)NC(=O)N2CCN(c3ncnc4[nH]c(-c5ccc(Cl)cc5)cc34)C[C@H]2C)cc1. The molecule has 2 aromatic carbocycles. The average Bonchev–Trinajstić information content (AvgIpc) is 3.33. The molecule has 1 aliphatic rings. The number of fused-ring (bicyclic) bond motifs is 1. The second kappa shape index (κ2) is 10.1. The zero-order valence-electron chi connectivity index (χ0n) is 20.5. The highest BCUT2D eigenvalue weighted by molar-refractivity contribution is 6.30. The van der Waals surface area contributed by atoms with Crippen LogP contribution in [-0.2, 0) is 0 Å². The van der Waals surface area contributed by atoms with E-state index < -0.39 is 0 Å². The van der Waals surface area contributed by atoms with E-state index in [1.165, 1.54) is 0 Å². The van der Waals surface area contributed by atoms with Gasteiger partial charge in [0.1, 0.15) is 23.5 Å². The highest BCUT2D eigenvalue weighted by Gasteiger charge is 2.30. The van der Waals surface area contributed by atoms with Crippen LogP contribution in [0.1, 0.15) is 25.5 Å². The van der Waals surface area contributed by atoms with Crippen molar-refractivity contribution in [2.24, 2.45) is 0 Å². The quantitative estimate of drug-likeness (QED) is 0.387. The Morgan fingerprint density at radius 2 is 1.89 bits per heavy atom. The molecule has 0 aliphatic carbocycles. The van der Waals surface area contributed by atoms with Crippen LogP contribution in [0.2, 0.25) is 5.02 Å². The maximum Gasteiger partial charge on any atom is 0.318 e. The van der Waals surface area contributed by atoms with Crippen molar-refractivity contribution < 1.29 is 9.53 Å². The summed E-state index contributed by atoms with van der Waals surface area (Å²) in [5.74, 6) is 1.67. The Morgan fingerprint density at radius 3 is 2.58 bits per heavy atom. The van der Waals surface area contributed by atoms with Crippen LogP contribution in [0, 0.1) is 0 Å². The number of rotatable bonds is 5. The number of nitrogens with one attached hydrogen (secondary N) is 2. The third-order valence-corrected chi connectivity index (χ3v) is 6.96. The van der Waals surface area contributed by atoms with Crippen molar-refractivity contribution in [3.05, 3.63) is 71.5 Å². The number of ether oxygens (including phenoxy) is 1. The van der Waals surface area contributed by atoms with Gasteiger partial charge in [-0.15, -0.1) is 0 Å². The summed E-state index contributed by atoms with van der Waals surface area (Å²) in [5, 5.41) is 4.79. The fourth-order valence-corrected chi connectivity index (χ4v) is 4.79. The van der Waals surface area contributed by atoms with Crippen molar-refractivity contribution in [3.63, 3.8) is 0 Å². The van der Waals surface area contributed by atoms with E-state index in [1.807, 2.05) is 60.4 Å². The fourth-order valence-electron chi connectivity index (χ4n) is 4.66. The van der Waals surface area contributed by atoms with Crippen LogP contribution in [0.25, 0.3) is 22.3 Å². The number of nitrogens with zero attached hydrogens (tertiary/aromatic N) is 4. The van der Waals surface area contributed by atoms with Gasteiger partial charge in [0.25, 0.3) is 0 Å². The van der Waals surface area contributed by atoms with Crippen LogP contribution in [0.3, 0.4) is 0 Å². The molecule has 0 unspecified atom stereocenters. The Labute approximate surface area is 215 Å². The van der Waals surface area contributed by atoms with Crippen LogP contribution in [0.4, 0.5) is 10.6 Å². The molecule has 0 radical (unpaired) electrons. The molecule has 2 amide bonds. The van der Waals surface area contributed by atoms with Gasteiger partial charge in [0.2, 0.25) is 0 Å². The number of carbonyl (C=O) groups is 1. The van der Waals surface area contributed by atoms with Gasteiger partial charge in [-0.1, -0.05) is 35.9 Å². The second-order valence-electron chi connectivity index (χ2n) is 9.08. The number of urea groups is 1. The molecule has 0 spiro atoms. The van der Waals surface area contributed by atoms with E-state index in [0.717, 1.165) is 39.4 Å². The summed E-state index contributed by atoms with van der Waals surface area (Å²) in [4.78, 5) is 29.6. The summed E-state index contributed by atoms with van der Waals surface area (Å²) >= 11 is 6.05. The first-order chi connectivity index (χ1) is 17.4. The Kier molecular flexibility index (Phi) is 6.69. The van der Waals surface area contributed by atoms with Gasteiger partial charge in [-0.25, -0.2) is 14.8 Å². The number of benzene rings is 2. The van der Waals surface area contributed by atoms with Gasteiger partial charge in [-0.2, -0.15) is 0 Å². The fraction of sp³-hybridized carbons (Fsp3) is 0.296. The van der Waals surface area contributed by atoms with E-state index in [2.05, 4.69) is 38.2 Å². The molecule has 3 heterocycles. The minimum Gasteiger partial charge on any atom is -0.497 e. The maximum absolute atomic E-state index is 13.1. The predicted molar refractivity (Wildman–Crippen MR) is 143 cm³/mol. The molecule has 36 heavy (non-hydrogen) atoms. The number of halogens is 1. The van der Waals surface area contributed by atoms with E-state index in [1.54, 1.807) is 13.4 Å². The number of methoxy groups -OCH3 is 1. The summed E-state index contributed by atoms with van der Waals surface area (Å²) in [6.45, 7) is 6.02. The molecule has 8 nitrogen and oxygen atoms in total. The van der Waals surface area contributed by atoms with Crippen molar-refractivity contribution in [2.75, 3.05) is 31.6 Å². The Bertz CT molecular complexity index is 1360. The van der Waals surface area contributed by atoms with E-state index in [-0.39, 0.29) is 18.1 Å². The molecule has 4 aromatic rings. The normalized spacial score (nSPS) is 16.7. The number of carbonyl (C=O) groups excluding carboxylic acids is 1. The molecule has 5 rings (SSSR count). The first-order valence-corrected chi connectivity index (χ1v) is 12.4. The second-order valence-corrected chi connectivity index (χ2v) is 9.52. The van der Waals surface area contributed by atoms with Gasteiger partial charge in [-0.3, -0.25) is 0 Å². The Hall–Kier alpha value is -3.78. The smallest absolute Gasteiger partial charge is 0.318 e. The summed E-state index contributed by atoms with van der Waals surface area (Å²) in [6.07, 6.45) is 1.58. The van der Waals surface area contributed by atoms with Gasteiger partial charge in [0.05, 0.1) is 18.5 Å². The molecule has 186 valence electrons. The largest absolute Gasteiger partial charge is 0.497 e. The molecule has 0 bridgehead atoms. The average molecular weight is 505 g/mol. The van der Waals surface area contributed by atoms with E-state index in [4.69, 9.17) is 16.3 Å². The number of aromatic amines is 1. The minimum atomic E-state index is -0.110. The first kappa shape index (κ1) is 23.9. The van der Waals surface area contributed by atoms with Gasteiger partial charge >= 0.3 is 6.03 Å². The zero-order valence-corrected chi connectivity index (χ0v) is 21.3. The number of H-pyrrole nitrogens is 1. The first-order valence-electron chi connectivity index (χ1n) is 12.0. The van der Waals surface area contributed by atoms with Crippen molar-refractivity contribution in [1.29, 1.82) is 0 Å². The predicted octanol–water partition coefficient (Wildman–Crippen LogP) is 5.27. The van der Waals surface area contributed by atoms with Crippen molar-refractivity contribution in [3.8, 4) is 17.0 Å². The van der Waals surface area contributed by atoms with Crippen molar-refractivity contribution in [1.82, 2.24) is 25.2 Å². The zero-order chi connectivity index (χ0) is 25.2. The van der Waals surface area contributed by atoms with Gasteiger partial charge in [-0.05, 0) is 55.3 Å². The van der Waals surface area contributed by atoms with Gasteiger partial charge < -0.3 is 24.8 Å². The van der Waals surface area contributed by atoms with Crippen LogP contribution < -0.4 is 15.0 Å². The monoisotopic (exact) mass is 504 g/mol. The lowest BCUT2D eigenvalue weighted by molar-refractivity contribution is 0.168. The third kappa shape index (κ3) is 4.81. The highest BCUT2D eigenvalue weighted by atomic mass is 35.5. The number of hydrogen-bond donors (Lipinski definition) is 2. The summed E-state index contributed by atoms with van der Waals surface area (Å²) in [7, 11) is 1.64. The number of aromatic nitrogens is 3. The molecular formula is C27H29ClN6O2. The van der Waals surface area contributed by atoms with Crippen molar-refractivity contribution in [2.45, 2.75) is 25.9 Å². The number of hydrogen-bond acceptors (Lipinski definition) is 5. The Balaban J connectivity index is 1.28. The number of anilines is 1. The summed E-state index contributed by atoms with van der Waals surface area (Å²) < 4.78 is 5.22. The third-order valence-electron chi connectivity index (χ3n) is 6.70. The number of amides is 2. The molecule has 2 atom stereocenters. The van der Waals surface area contributed by atoms with Crippen LogP contribution >= 0.6 is 11.6 Å². The number of piperazine rings is 1. The molecule has 1 aliphatic heterocycles. The molecule has 1 saturated heterocycles. The minimum absolute atomic E-state index is 0.0153. The maximum atomic E-state index is 13.1. The molecular weight excluding hydrogens is 476 g/mol. The summed E-state index contributed by atoms with van der Waals surface area (Å²) in [5.41, 5.74) is 3.81. The van der Waals surface area contributed by atoms with Crippen molar-refractivity contribution >= 4 is 34.5 Å². The standard InChI is InChI=1S/C27H29ClN6O2/c1-17-15-33(12-13-34(17)27(35)31-18(2)19-6-10-22(36-3)11-7-19)26-23-14-24(32-25(23)29-16-30-26)20-4-8-21(28)9-5-20/h4-11,14,16-18H,12-13,15H2,1-3H3,(H,31,35)(H,29,30,32)/t17-,18-/m1/s1. The topological polar surface area (TPSA) is 86.4 Å². The lowest BCUT2D eigenvalue weighted by atomic mass is 10.1. The molecule has 2 N–H and O–H groups in total. The lowest BCUT2D eigenvalue weighted by Gasteiger charge is -2.40. The van der Waals surface area contributed by atoms with Gasteiger partial charge in [0, 0.05) is 36.4 Å². The summed E-state index contributed by atoms with van der Waals surface area (Å²) in [6, 6.07) is 17.4. The molecule has 9 heteroatoms. The van der Waals surface area contributed by atoms with Crippen LogP contribution in [-0.4, -0.2) is 58.7 Å². The lowest BCUT2D eigenvalue weighted by Crippen LogP contribution is -2.57. The molecule has 2 aromatic heterocycles. The van der Waals surface area contributed by atoms with E-state index in [0.29, 0.717) is 24.7 Å².